The van der Waals surface area contributed by atoms with Crippen LogP contribution in [0.5, 0.6) is 5.75 Å². The van der Waals surface area contributed by atoms with E-state index in [2.05, 4.69) is 5.32 Å². The van der Waals surface area contributed by atoms with E-state index in [9.17, 15) is 4.39 Å². The molecule has 2 heterocycles. The summed E-state index contributed by atoms with van der Waals surface area (Å²) in [6.07, 6.45) is 2.48. The molecule has 2 aliphatic heterocycles. The number of hydrogen-bond acceptors (Lipinski definition) is 2. The number of nitrogens with one attached hydrogen (secondary N) is 1. The lowest BCUT2D eigenvalue weighted by atomic mass is 9.83. The molecule has 1 aromatic rings. The number of halogens is 1. The maximum Gasteiger partial charge on any atom is 0.126 e. The lowest BCUT2D eigenvalue weighted by molar-refractivity contribution is 0.257. The molecular formula is C13H16FNO. The van der Waals surface area contributed by atoms with E-state index in [4.69, 9.17) is 4.74 Å². The van der Waals surface area contributed by atoms with Gasteiger partial charge in [0.25, 0.3) is 0 Å². The molecule has 0 aromatic heterocycles. The first-order valence-corrected chi connectivity index (χ1v) is 5.97. The smallest absolute Gasteiger partial charge is 0.126 e. The third kappa shape index (κ3) is 1.69. The van der Waals surface area contributed by atoms with Crippen LogP contribution in [0.15, 0.2) is 18.2 Å². The van der Waals surface area contributed by atoms with Crippen molar-refractivity contribution >= 4 is 0 Å². The average molecular weight is 221 g/mol. The summed E-state index contributed by atoms with van der Waals surface area (Å²) >= 11 is 0. The molecule has 1 aromatic carbocycles. The van der Waals surface area contributed by atoms with E-state index < -0.39 is 0 Å². The summed E-state index contributed by atoms with van der Waals surface area (Å²) in [4.78, 5) is 0. The van der Waals surface area contributed by atoms with Crippen LogP contribution in [-0.2, 0) is 0 Å². The lowest BCUT2D eigenvalue weighted by Gasteiger charge is -2.27. The molecule has 86 valence electrons. The minimum atomic E-state index is -0.207. The highest BCUT2D eigenvalue weighted by Gasteiger charge is 2.32. The summed E-state index contributed by atoms with van der Waals surface area (Å²) in [5, 5.41) is 3.42. The van der Waals surface area contributed by atoms with E-state index in [1.807, 2.05) is 6.07 Å². The first-order chi connectivity index (χ1) is 7.84. The number of piperidine rings is 1. The maximum atomic E-state index is 13.0. The molecule has 2 aliphatic rings. The molecule has 0 bridgehead atoms. The Hall–Kier alpha value is -1.09. The van der Waals surface area contributed by atoms with Crippen LogP contribution < -0.4 is 10.1 Å². The molecule has 0 aliphatic carbocycles. The zero-order valence-electron chi connectivity index (χ0n) is 9.21. The van der Waals surface area contributed by atoms with Crippen LogP contribution in [-0.4, -0.2) is 19.7 Å². The quantitative estimate of drug-likeness (QED) is 0.785. The van der Waals surface area contributed by atoms with Crippen molar-refractivity contribution in [2.75, 3.05) is 19.7 Å². The van der Waals surface area contributed by atoms with Crippen molar-refractivity contribution in [3.05, 3.63) is 29.6 Å². The van der Waals surface area contributed by atoms with Gasteiger partial charge < -0.3 is 10.1 Å². The second kappa shape index (κ2) is 4.06. The van der Waals surface area contributed by atoms with Gasteiger partial charge in [0.2, 0.25) is 0 Å². The Kier molecular flexibility index (Phi) is 2.56. The van der Waals surface area contributed by atoms with Crippen molar-refractivity contribution in [1.82, 2.24) is 5.32 Å². The molecule has 3 heteroatoms. The van der Waals surface area contributed by atoms with Gasteiger partial charge in [0.05, 0.1) is 6.61 Å². The summed E-state index contributed by atoms with van der Waals surface area (Å²) in [5.41, 5.74) is 1.19. The zero-order valence-corrected chi connectivity index (χ0v) is 9.21. The van der Waals surface area contributed by atoms with Gasteiger partial charge in [-0.15, -0.1) is 0 Å². The molecule has 0 spiro atoms. The van der Waals surface area contributed by atoms with Crippen LogP contribution >= 0.6 is 0 Å². The molecule has 0 saturated carbocycles. The average Bonchev–Trinajstić information content (AvgIpc) is 2.73. The highest BCUT2D eigenvalue weighted by Crippen LogP contribution is 2.40. The van der Waals surface area contributed by atoms with Gasteiger partial charge >= 0.3 is 0 Å². The summed E-state index contributed by atoms with van der Waals surface area (Å²) in [7, 11) is 0. The van der Waals surface area contributed by atoms with Gasteiger partial charge in [-0.2, -0.15) is 0 Å². The Morgan fingerprint density at radius 3 is 3.12 bits per heavy atom. The number of ether oxygens (including phenoxy) is 1. The normalized spacial score (nSPS) is 28.6. The molecule has 1 saturated heterocycles. The van der Waals surface area contributed by atoms with Gasteiger partial charge in [0.1, 0.15) is 11.6 Å². The van der Waals surface area contributed by atoms with Crippen LogP contribution in [0.25, 0.3) is 0 Å². The van der Waals surface area contributed by atoms with Gasteiger partial charge in [-0.05, 0) is 37.9 Å². The van der Waals surface area contributed by atoms with Crippen LogP contribution in [0.4, 0.5) is 4.39 Å². The Bertz CT molecular complexity index is 388. The molecular weight excluding hydrogens is 205 g/mol. The first-order valence-electron chi connectivity index (χ1n) is 5.97. The maximum absolute atomic E-state index is 13.0. The van der Waals surface area contributed by atoms with Crippen LogP contribution in [0, 0.1) is 11.7 Å². The monoisotopic (exact) mass is 221 g/mol. The fourth-order valence-corrected chi connectivity index (χ4v) is 2.82. The van der Waals surface area contributed by atoms with Crippen molar-refractivity contribution in [2.45, 2.75) is 18.8 Å². The highest BCUT2D eigenvalue weighted by molar-refractivity contribution is 5.40. The van der Waals surface area contributed by atoms with Crippen molar-refractivity contribution in [2.24, 2.45) is 5.92 Å². The summed E-state index contributed by atoms with van der Waals surface area (Å²) in [6, 6.07) is 4.93. The molecule has 2 atom stereocenters. The predicted octanol–water partition coefficient (Wildman–Crippen LogP) is 2.30. The summed E-state index contributed by atoms with van der Waals surface area (Å²) in [5.74, 6) is 1.63. The fourth-order valence-electron chi connectivity index (χ4n) is 2.82. The molecule has 16 heavy (non-hydrogen) atoms. The van der Waals surface area contributed by atoms with Crippen LogP contribution in [0.3, 0.4) is 0 Å². The molecule has 0 amide bonds. The molecule has 2 nitrogen and oxygen atoms in total. The number of hydrogen-bond donors (Lipinski definition) is 1. The van der Waals surface area contributed by atoms with Gasteiger partial charge in [0.15, 0.2) is 0 Å². The van der Waals surface area contributed by atoms with E-state index in [0.29, 0.717) is 18.4 Å². The van der Waals surface area contributed by atoms with Crippen LogP contribution in [0.2, 0.25) is 0 Å². The van der Waals surface area contributed by atoms with Crippen molar-refractivity contribution < 1.29 is 9.13 Å². The van der Waals surface area contributed by atoms with Gasteiger partial charge in [0, 0.05) is 17.5 Å². The van der Waals surface area contributed by atoms with E-state index in [1.54, 1.807) is 0 Å². The number of rotatable bonds is 1. The van der Waals surface area contributed by atoms with Gasteiger partial charge in [-0.1, -0.05) is 6.07 Å². The first kappa shape index (κ1) is 10.1. The van der Waals surface area contributed by atoms with E-state index in [0.717, 1.165) is 18.8 Å². The Morgan fingerprint density at radius 2 is 2.31 bits per heavy atom. The standard InChI is InChI=1S/C13H16FNO/c14-10-3-4-11-12(8-16-13(11)6-10)9-2-1-5-15-7-9/h3-4,6,9,12,15H,1-2,5,7-8H2/t9-,12+/m1/s1. The molecule has 1 N–H and O–H groups in total. The second-order valence-corrected chi connectivity index (χ2v) is 4.71. The van der Waals surface area contributed by atoms with E-state index >= 15 is 0 Å². The van der Waals surface area contributed by atoms with Crippen molar-refractivity contribution in [1.29, 1.82) is 0 Å². The Morgan fingerprint density at radius 1 is 1.38 bits per heavy atom. The fraction of sp³-hybridized carbons (Fsp3) is 0.538. The molecule has 1 fully saturated rings. The van der Waals surface area contributed by atoms with Crippen molar-refractivity contribution in [3.8, 4) is 5.75 Å². The Balaban J connectivity index is 1.84. The molecule has 0 unspecified atom stereocenters. The third-order valence-corrected chi connectivity index (χ3v) is 3.70. The van der Waals surface area contributed by atoms with Gasteiger partial charge in [-0.25, -0.2) is 4.39 Å². The predicted molar refractivity (Wildman–Crippen MR) is 60.2 cm³/mol. The summed E-state index contributed by atoms with van der Waals surface area (Å²) < 4.78 is 18.6. The minimum Gasteiger partial charge on any atom is -0.493 e. The van der Waals surface area contributed by atoms with Gasteiger partial charge in [-0.3, -0.25) is 0 Å². The second-order valence-electron chi connectivity index (χ2n) is 4.71. The zero-order chi connectivity index (χ0) is 11.0. The van der Waals surface area contributed by atoms with E-state index in [1.165, 1.54) is 30.5 Å². The molecule has 3 rings (SSSR count). The largest absolute Gasteiger partial charge is 0.493 e. The van der Waals surface area contributed by atoms with Crippen LogP contribution in [0.1, 0.15) is 24.3 Å². The highest BCUT2D eigenvalue weighted by atomic mass is 19.1. The van der Waals surface area contributed by atoms with Crippen molar-refractivity contribution in [3.63, 3.8) is 0 Å². The number of benzene rings is 1. The molecule has 0 radical (unpaired) electrons. The topological polar surface area (TPSA) is 21.3 Å². The lowest BCUT2D eigenvalue weighted by Crippen LogP contribution is -2.33. The third-order valence-electron chi connectivity index (χ3n) is 3.70. The summed E-state index contributed by atoms with van der Waals surface area (Å²) in [6.45, 7) is 2.90. The number of fused-ring (bicyclic) bond motifs is 1. The minimum absolute atomic E-state index is 0.207. The SMILES string of the molecule is Fc1ccc2c(c1)OC[C@H]2[C@@H]1CCCNC1. The van der Waals surface area contributed by atoms with E-state index in [-0.39, 0.29) is 5.82 Å². The Labute approximate surface area is 94.8 Å².